The summed E-state index contributed by atoms with van der Waals surface area (Å²) in [5.41, 5.74) is 0. The number of hydrogen-bond donors (Lipinski definition) is 2. The smallest absolute Gasteiger partial charge is 0.220 e. The third-order valence-corrected chi connectivity index (χ3v) is 5.00. The van der Waals surface area contributed by atoms with Gasteiger partial charge in [-0.25, -0.2) is 0 Å². The van der Waals surface area contributed by atoms with Gasteiger partial charge < -0.3 is 10.6 Å². The van der Waals surface area contributed by atoms with Crippen molar-refractivity contribution >= 4 is 5.91 Å². The van der Waals surface area contributed by atoms with Crippen molar-refractivity contribution in [2.45, 2.75) is 58.3 Å². The van der Waals surface area contributed by atoms with Crippen LogP contribution < -0.4 is 10.6 Å². The lowest BCUT2D eigenvalue weighted by Crippen LogP contribution is -2.42. The Hall–Kier alpha value is -0.570. The maximum Gasteiger partial charge on any atom is 0.220 e. The molecule has 1 saturated heterocycles. The first-order chi connectivity index (χ1) is 9.25. The third kappa shape index (κ3) is 5.13. The summed E-state index contributed by atoms with van der Waals surface area (Å²) in [5, 5.41) is 6.60. The zero-order chi connectivity index (χ0) is 13.5. The second-order valence-electron chi connectivity index (χ2n) is 6.60. The molecule has 0 spiro atoms. The van der Waals surface area contributed by atoms with E-state index in [2.05, 4.69) is 17.6 Å². The second-order valence-corrected chi connectivity index (χ2v) is 6.60. The highest BCUT2D eigenvalue weighted by molar-refractivity contribution is 5.76. The van der Waals surface area contributed by atoms with Gasteiger partial charge in [0.15, 0.2) is 0 Å². The number of hydrogen-bond acceptors (Lipinski definition) is 2. The van der Waals surface area contributed by atoms with Crippen molar-refractivity contribution in [3.63, 3.8) is 0 Å². The van der Waals surface area contributed by atoms with Gasteiger partial charge in [0.2, 0.25) is 5.91 Å². The summed E-state index contributed by atoms with van der Waals surface area (Å²) in [6.07, 6.45) is 9.89. The molecule has 19 heavy (non-hydrogen) atoms. The predicted octanol–water partition coefficient (Wildman–Crippen LogP) is 2.71. The van der Waals surface area contributed by atoms with Crippen LogP contribution in [0, 0.1) is 17.8 Å². The molecule has 110 valence electrons. The highest BCUT2D eigenvalue weighted by Crippen LogP contribution is 2.25. The van der Waals surface area contributed by atoms with E-state index >= 15 is 0 Å². The fraction of sp³-hybridized carbons (Fsp3) is 0.938. The molecule has 3 heteroatoms. The average molecular weight is 266 g/mol. The van der Waals surface area contributed by atoms with E-state index in [0.29, 0.717) is 11.8 Å². The first-order valence-electron chi connectivity index (χ1n) is 8.23. The quantitative estimate of drug-likeness (QED) is 0.768. The lowest BCUT2D eigenvalue weighted by atomic mass is 9.88. The Morgan fingerprint density at radius 3 is 2.58 bits per heavy atom. The monoisotopic (exact) mass is 266 g/mol. The number of piperidine rings is 1. The third-order valence-electron chi connectivity index (χ3n) is 5.00. The van der Waals surface area contributed by atoms with Gasteiger partial charge >= 0.3 is 0 Å². The zero-order valence-electron chi connectivity index (χ0n) is 12.4. The zero-order valence-corrected chi connectivity index (χ0v) is 12.4. The van der Waals surface area contributed by atoms with Gasteiger partial charge in [-0.05, 0) is 50.1 Å². The van der Waals surface area contributed by atoms with Crippen LogP contribution in [0.1, 0.15) is 58.3 Å². The standard InChI is InChI=1S/C16H30N2O/c1-13-8-9-17-11-15(13)12-18-16(19)10-14-6-4-2-3-5-7-14/h13-15,17H,2-12H2,1H3,(H,18,19). The molecule has 1 amide bonds. The number of carbonyl (C=O) groups is 1. The molecular weight excluding hydrogens is 236 g/mol. The lowest BCUT2D eigenvalue weighted by molar-refractivity contribution is -0.122. The number of carbonyl (C=O) groups excluding carboxylic acids is 1. The summed E-state index contributed by atoms with van der Waals surface area (Å²) in [4.78, 5) is 12.0. The minimum absolute atomic E-state index is 0.282. The van der Waals surface area contributed by atoms with Crippen LogP contribution in [0.15, 0.2) is 0 Å². The number of nitrogens with one attached hydrogen (secondary N) is 2. The van der Waals surface area contributed by atoms with Crippen molar-refractivity contribution < 1.29 is 4.79 Å². The van der Waals surface area contributed by atoms with E-state index in [9.17, 15) is 4.79 Å². The second kappa shape index (κ2) is 7.88. The molecule has 1 heterocycles. The van der Waals surface area contributed by atoms with E-state index in [-0.39, 0.29) is 5.91 Å². The van der Waals surface area contributed by atoms with E-state index in [1.807, 2.05) is 0 Å². The fourth-order valence-corrected chi connectivity index (χ4v) is 3.47. The van der Waals surface area contributed by atoms with Crippen LogP contribution in [-0.4, -0.2) is 25.5 Å². The first-order valence-corrected chi connectivity index (χ1v) is 8.23. The van der Waals surface area contributed by atoms with Crippen molar-refractivity contribution in [2.24, 2.45) is 17.8 Å². The van der Waals surface area contributed by atoms with Gasteiger partial charge in [-0.1, -0.05) is 32.6 Å². The normalized spacial score (nSPS) is 29.7. The Morgan fingerprint density at radius 1 is 1.16 bits per heavy atom. The minimum atomic E-state index is 0.282. The molecule has 1 saturated carbocycles. The van der Waals surface area contributed by atoms with Gasteiger partial charge in [-0.15, -0.1) is 0 Å². The fourth-order valence-electron chi connectivity index (χ4n) is 3.47. The number of rotatable bonds is 4. The molecule has 2 aliphatic rings. The molecule has 2 fully saturated rings. The van der Waals surface area contributed by atoms with Gasteiger partial charge in [0.1, 0.15) is 0 Å². The summed E-state index contributed by atoms with van der Waals surface area (Å²) in [6, 6.07) is 0. The summed E-state index contributed by atoms with van der Waals surface area (Å²) in [7, 11) is 0. The average Bonchev–Trinajstić information content (AvgIpc) is 2.66. The van der Waals surface area contributed by atoms with E-state index in [1.165, 1.54) is 44.9 Å². The highest BCUT2D eigenvalue weighted by atomic mass is 16.1. The van der Waals surface area contributed by atoms with Crippen molar-refractivity contribution in [3.05, 3.63) is 0 Å². The molecule has 0 bridgehead atoms. The molecule has 1 aliphatic carbocycles. The Balaban J connectivity index is 1.65. The Bertz CT molecular complexity index is 272. The Labute approximate surface area is 117 Å². The molecule has 2 unspecified atom stereocenters. The molecule has 2 atom stereocenters. The topological polar surface area (TPSA) is 41.1 Å². The van der Waals surface area contributed by atoms with Crippen molar-refractivity contribution in [1.82, 2.24) is 10.6 Å². The summed E-state index contributed by atoms with van der Waals surface area (Å²) >= 11 is 0. The van der Waals surface area contributed by atoms with Gasteiger partial charge in [0.25, 0.3) is 0 Å². The molecule has 0 aromatic rings. The lowest BCUT2D eigenvalue weighted by Gasteiger charge is -2.29. The molecule has 1 aliphatic heterocycles. The summed E-state index contributed by atoms with van der Waals surface area (Å²) in [5.74, 6) is 2.28. The van der Waals surface area contributed by atoms with Crippen LogP contribution in [-0.2, 0) is 4.79 Å². The van der Waals surface area contributed by atoms with E-state index < -0.39 is 0 Å². The maximum atomic E-state index is 12.0. The Kier molecular flexibility index (Phi) is 6.15. The number of amides is 1. The molecular formula is C16H30N2O. The molecule has 3 nitrogen and oxygen atoms in total. The molecule has 2 rings (SSSR count). The van der Waals surface area contributed by atoms with Crippen molar-refractivity contribution in [1.29, 1.82) is 0 Å². The van der Waals surface area contributed by atoms with Crippen LogP contribution in [0.2, 0.25) is 0 Å². The van der Waals surface area contributed by atoms with Gasteiger partial charge in [-0.2, -0.15) is 0 Å². The molecule has 0 radical (unpaired) electrons. The summed E-state index contributed by atoms with van der Waals surface area (Å²) < 4.78 is 0. The maximum absolute atomic E-state index is 12.0. The van der Waals surface area contributed by atoms with E-state index in [4.69, 9.17) is 0 Å². The minimum Gasteiger partial charge on any atom is -0.356 e. The van der Waals surface area contributed by atoms with Crippen LogP contribution in [0.25, 0.3) is 0 Å². The molecule has 0 aromatic heterocycles. The van der Waals surface area contributed by atoms with Crippen molar-refractivity contribution in [3.8, 4) is 0 Å². The van der Waals surface area contributed by atoms with Gasteiger partial charge in [0, 0.05) is 13.0 Å². The van der Waals surface area contributed by atoms with Crippen LogP contribution in [0.5, 0.6) is 0 Å². The van der Waals surface area contributed by atoms with Gasteiger partial charge in [-0.3, -0.25) is 4.79 Å². The molecule has 2 N–H and O–H groups in total. The van der Waals surface area contributed by atoms with Crippen molar-refractivity contribution in [2.75, 3.05) is 19.6 Å². The summed E-state index contributed by atoms with van der Waals surface area (Å²) in [6.45, 7) is 5.36. The highest BCUT2D eigenvalue weighted by Gasteiger charge is 2.22. The van der Waals surface area contributed by atoms with Gasteiger partial charge in [0.05, 0.1) is 0 Å². The van der Waals surface area contributed by atoms with E-state index in [1.54, 1.807) is 0 Å². The van der Waals surface area contributed by atoms with E-state index in [0.717, 1.165) is 32.0 Å². The Morgan fingerprint density at radius 2 is 1.89 bits per heavy atom. The predicted molar refractivity (Wildman–Crippen MR) is 79.0 cm³/mol. The SMILES string of the molecule is CC1CCNCC1CNC(=O)CC1CCCCCC1. The van der Waals surface area contributed by atoms with Crippen LogP contribution in [0.4, 0.5) is 0 Å². The van der Waals surface area contributed by atoms with Crippen LogP contribution in [0.3, 0.4) is 0 Å². The first kappa shape index (κ1) is 14.8. The molecule has 0 aromatic carbocycles. The van der Waals surface area contributed by atoms with Crippen LogP contribution >= 0.6 is 0 Å². The largest absolute Gasteiger partial charge is 0.356 e.